The summed E-state index contributed by atoms with van der Waals surface area (Å²) < 4.78 is 22.6. The summed E-state index contributed by atoms with van der Waals surface area (Å²) in [5.74, 6) is 0. The van der Waals surface area contributed by atoms with Crippen LogP contribution in [0.15, 0.2) is 30.3 Å². The summed E-state index contributed by atoms with van der Waals surface area (Å²) in [7, 11) is -11.5. The summed E-state index contributed by atoms with van der Waals surface area (Å²) in [4.78, 5) is 45.6. The van der Waals surface area contributed by atoms with E-state index in [-0.39, 0.29) is 0 Å². The van der Waals surface area contributed by atoms with Gasteiger partial charge in [-0.25, -0.2) is 0 Å². The predicted molar refractivity (Wildman–Crippen MR) is 59.2 cm³/mol. The lowest BCUT2D eigenvalue weighted by atomic mass is 10.2. The molecule has 0 aliphatic carbocycles. The van der Waals surface area contributed by atoms with E-state index in [2.05, 4.69) is 0 Å². The SMILES string of the molecule is O=[N+]([O-])C(c1ccccc1)(P(=O)(O)O)P(=O)(O)O. The smallest absolute Gasteiger partial charge is 0.319 e. The monoisotopic (exact) mass is 297 g/mol. The average molecular weight is 297 g/mol. The van der Waals surface area contributed by atoms with Crippen molar-refractivity contribution in [3.8, 4) is 0 Å². The summed E-state index contributed by atoms with van der Waals surface area (Å²) in [5, 5.41) is 7.16. The van der Waals surface area contributed by atoms with Gasteiger partial charge in [-0.1, -0.05) is 30.3 Å². The Kier molecular flexibility index (Phi) is 3.78. The fourth-order valence-electron chi connectivity index (χ4n) is 1.49. The van der Waals surface area contributed by atoms with E-state index in [0.717, 1.165) is 12.1 Å². The number of rotatable bonds is 4. The van der Waals surface area contributed by atoms with Crippen molar-refractivity contribution in [3.05, 3.63) is 46.0 Å². The molecule has 1 aromatic rings. The van der Waals surface area contributed by atoms with Crippen molar-refractivity contribution < 1.29 is 33.6 Å². The highest BCUT2D eigenvalue weighted by Gasteiger charge is 2.73. The molecule has 0 aromatic heterocycles. The third-order valence-electron chi connectivity index (χ3n) is 2.23. The molecule has 0 aliphatic rings. The van der Waals surface area contributed by atoms with Crippen LogP contribution in [0.3, 0.4) is 0 Å². The van der Waals surface area contributed by atoms with Crippen LogP contribution in [0.1, 0.15) is 5.56 Å². The van der Waals surface area contributed by atoms with Crippen molar-refractivity contribution in [2.45, 2.75) is 5.02 Å². The maximum Gasteiger partial charge on any atom is 0.440 e. The fourth-order valence-corrected chi connectivity index (χ4v) is 4.24. The van der Waals surface area contributed by atoms with Crippen molar-refractivity contribution in [2.75, 3.05) is 0 Å². The highest BCUT2D eigenvalue weighted by molar-refractivity contribution is 7.71. The molecule has 0 saturated heterocycles. The molecular formula is C7H9NO8P2. The first kappa shape index (κ1) is 15.0. The molecule has 0 spiro atoms. The quantitative estimate of drug-likeness (QED) is 0.353. The molecule has 0 unspecified atom stereocenters. The molecule has 9 nitrogen and oxygen atoms in total. The summed E-state index contributed by atoms with van der Waals surface area (Å²) in [6.07, 6.45) is 0. The Hall–Kier alpha value is -1.08. The Morgan fingerprint density at radius 2 is 1.39 bits per heavy atom. The van der Waals surface area contributed by atoms with Gasteiger partial charge in [0.25, 0.3) is 0 Å². The number of benzene rings is 1. The van der Waals surface area contributed by atoms with Gasteiger partial charge in [0, 0.05) is 0 Å². The maximum atomic E-state index is 11.3. The Labute approximate surface area is 101 Å². The Morgan fingerprint density at radius 3 is 1.67 bits per heavy atom. The molecule has 0 heterocycles. The fraction of sp³-hybridized carbons (Fsp3) is 0.143. The molecule has 0 radical (unpaired) electrons. The van der Waals surface area contributed by atoms with Crippen molar-refractivity contribution in [1.82, 2.24) is 0 Å². The van der Waals surface area contributed by atoms with Crippen LogP contribution in [0.25, 0.3) is 0 Å². The minimum Gasteiger partial charge on any atom is -0.319 e. The summed E-state index contributed by atoms with van der Waals surface area (Å²) in [6, 6.07) is 5.49. The zero-order chi connectivity index (χ0) is 14.2. The van der Waals surface area contributed by atoms with E-state index >= 15 is 0 Å². The number of hydrogen-bond donors (Lipinski definition) is 4. The van der Waals surface area contributed by atoms with Gasteiger partial charge in [-0.05, 0) is 0 Å². The molecule has 0 amide bonds. The van der Waals surface area contributed by atoms with Crippen LogP contribution in [0.2, 0.25) is 0 Å². The van der Waals surface area contributed by atoms with E-state index in [4.69, 9.17) is 19.6 Å². The van der Waals surface area contributed by atoms with Crippen LogP contribution >= 0.6 is 15.2 Å². The predicted octanol–water partition coefficient (Wildman–Crippen LogP) is 0.429. The van der Waals surface area contributed by atoms with Crippen LogP contribution in [0.5, 0.6) is 0 Å². The van der Waals surface area contributed by atoms with Crippen LogP contribution in [0, 0.1) is 10.1 Å². The minimum absolute atomic E-state index is 0.753. The standard InChI is InChI=1S/C7H9NO8P2/c9-8(10)7(17(11,12)13,18(14,15)16)6-4-2-1-3-5-6/h1-5H,(H2,11,12,13)(H2,14,15,16). The van der Waals surface area contributed by atoms with Gasteiger partial charge in [-0.3, -0.25) is 19.2 Å². The van der Waals surface area contributed by atoms with Crippen LogP contribution < -0.4 is 0 Å². The lowest BCUT2D eigenvalue weighted by molar-refractivity contribution is -0.528. The summed E-state index contributed by atoms with van der Waals surface area (Å²) >= 11 is 0. The summed E-state index contributed by atoms with van der Waals surface area (Å²) in [6.45, 7) is 0. The molecule has 0 bridgehead atoms. The van der Waals surface area contributed by atoms with Crippen molar-refractivity contribution in [3.63, 3.8) is 0 Å². The second kappa shape index (κ2) is 4.55. The second-order valence-corrected chi connectivity index (χ2v) is 7.17. The van der Waals surface area contributed by atoms with E-state index in [9.17, 15) is 19.2 Å². The normalized spacial score (nSPS) is 13.3. The third kappa shape index (κ3) is 2.12. The molecule has 100 valence electrons. The van der Waals surface area contributed by atoms with Crippen molar-refractivity contribution in [2.24, 2.45) is 0 Å². The molecule has 1 aromatic carbocycles. The third-order valence-corrected chi connectivity index (χ3v) is 6.26. The van der Waals surface area contributed by atoms with Crippen LogP contribution in [0.4, 0.5) is 0 Å². The highest BCUT2D eigenvalue weighted by Crippen LogP contribution is 2.74. The zero-order valence-electron chi connectivity index (χ0n) is 8.65. The zero-order valence-corrected chi connectivity index (χ0v) is 10.4. The van der Waals surface area contributed by atoms with E-state index in [1.165, 1.54) is 18.2 Å². The number of hydrogen-bond acceptors (Lipinski definition) is 4. The Balaban J connectivity index is 3.79. The molecule has 1 rings (SSSR count). The van der Waals surface area contributed by atoms with Gasteiger partial charge in [0.1, 0.15) is 0 Å². The molecule has 11 heteroatoms. The molecule has 0 aliphatic heterocycles. The van der Waals surface area contributed by atoms with Gasteiger partial charge in [0.2, 0.25) is 0 Å². The topological polar surface area (TPSA) is 158 Å². The lowest BCUT2D eigenvalue weighted by Gasteiger charge is -2.26. The van der Waals surface area contributed by atoms with Gasteiger partial charge in [0.05, 0.1) is 10.5 Å². The van der Waals surface area contributed by atoms with Crippen LogP contribution in [-0.4, -0.2) is 24.5 Å². The van der Waals surface area contributed by atoms with E-state index < -0.39 is 30.7 Å². The largest absolute Gasteiger partial charge is 0.440 e. The minimum atomic E-state index is -5.77. The Bertz CT molecular complexity index is 524. The van der Waals surface area contributed by atoms with E-state index in [0.29, 0.717) is 0 Å². The molecule has 0 atom stereocenters. The summed E-state index contributed by atoms with van der Waals surface area (Å²) in [5.41, 5.74) is -0.753. The van der Waals surface area contributed by atoms with Crippen molar-refractivity contribution in [1.29, 1.82) is 0 Å². The van der Waals surface area contributed by atoms with Gasteiger partial charge < -0.3 is 19.6 Å². The first-order valence-corrected chi connectivity index (χ1v) is 7.59. The van der Waals surface area contributed by atoms with E-state index in [1.807, 2.05) is 0 Å². The first-order valence-electron chi connectivity index (χ1n) is 4.36. The van der Waals surface area contributed by atoms with Gasteiger partial charge in [0.15, 0.2) is 0 Å². The average Bonchev–Trinajstić information content (AvgIpc) is 2.14. The molecular weight excluding hydrogens is 288 g/mol. The first-order chi connectivity index (χ1) is 8.05. The van der Waals surface area contributed by atoms with Crippen molar-refractivity contribution >= 4 is 15.2 Å². The second-order valence-electron chi connectivity index (χ2n) is 3.35. The maximum absolute atomic E-state index is 11.3. The lowest BCUT2D eigenvalue weighted by Crippen LogP contribution is -2.35. The molecule has 0 saturated carbocycles. The molecule has 4 N–H and O–H groups in total. The van der Waals surface area contributed by atoms with Gasteiger partial charge in [-0.15, -0.1) is 0 Å². The number of nitrogens with zero attached hydrogens (tertiary/aromatic N) is 1. The van der Waals surface area contributed by atoms with Crippen LogP contribution in [-0.2, 0) is 14.2 Å². The van der Waals surface area contributed by atoms with E-state index in [1.54, 1.807) is 0 Å². The molecule has 18 heavy (non-hydrogen) atoms. The highest BCUT2D eigenvalue weighted by atomic mass is 31.2. The Morgan fingerprint density at radius 1 is 1.00 bits per heavy atom. The van der Waals surface area contributed by atoms with Gasteiger partial charge >= 0.3 is 20.2 Å². The molecule has 0 fully saturated rings. The van der Waals surface area contributed by atoms with Gasteiger partial charge in [-0.2, -0.15) is 0 Å². The number of nitro groups is 1.